The molecule has 0 unspecified atom stereocenters. The first-order valence-electron chi connectivity index (χ1n) is 8.21. The van der Waals surface area contributed by atoms with Gasteiger partial charge < -0.3 is 9.74 Å². The van der Waals surface area contributed by atoms with Crippen molar-refractivity contribution in [3.05, 3.63) is 69.5 Å². The van der Waals surface area contributed by atoms with E-state index in [1.807, 2.05) is 13.0 Å². The van der Waals surface area contributed by atoms with Gasteiger partial charge in [0.25, 0.3) is 5.91 Å². The molecule has 0 N–H and O–H groups in total. The molecule has 0 aliphatic carbocycles. The van der Waals surface area contributed by atoms with Gasteiger partial charge >= 0.3 is 0 Å². The van der Waals surface area contributed by atoms with Crippen molar-refractivity contribution in [3.8, 4) is 0 Å². The van der Waals surface area contributed by atoms with E-state index in [0.29, 0.717) is 29.6 Å². The van der Waals surface area contributed by atoms with Gasteiger partial charge in [-0.15, -0.1) is 0 Å². The highest BCUT2D eigenvalue weighted by molar-refractivity contribution is 6.42. The number of oxime groups is 1. The normalized spacial score (nSPS) is 16.2. The molecule has 0 radical (unpaired) electrons. The molecule has 0 saturated heterocycles. The molecule has 2 aromatic rings. The van der Waals surface area contributed by atoms with Gasteiger partial charge in [0.2, 0.25) is 0 Å². The fourth-order valence-corrected chi connectivity index (χ4v) is 3.08. The lowest BCUT2D eigenvalue weighted by Crippen LogP contribution is -2.38. The summed E-state index contributed by atoms with van der Waals surface area (Å²) < 4.78 is 13.9. The average molecular weight is 395 g/mol. The number of hydrogen-bond acceptors (Lipinski definition) is 3. The Morgan fingerprint density at radius 1 is 1.27 bits per heavy atom. The number of benzene rings is 2. The minimum absolute atomic E-state index is 0.0537. The number of amides is 1. The second-order valence-corrected chi connectivity index (χ2v) is 6.74. The molecule has 1 heterocycles. The zero-order valence-corrected chi connectivity index (χ0v) is 15.6. The molecule has 1 amide bonds. The fraction of sp³-hybridized carbons (Fsp3) is 0.263. The summed E-state index contributed by atoms with van der Waals surface area (Å²) in [6, 6.07) is 11.2. The summed E-state index contributed by atoms with van der Waals surface area (Å²) in [6.45, 7) is 2.60. The Hall–Kier alpha value is -2.11. The van der Waals surface area contributed by atoms with E-state index >= 15 is 0 Å². The Kier molecular flexibility index (Phi) is 5.79. The zero-order chi connectivity index (χ0) is 18.7. The quantitative estimate of drug-likeness (QED) is 0.731. The third-order valence-corrected chi connectivity index (χ3v) is 4.92. The molecule has 4 nitrogen and oxygen atoms in total. The topological polar surface area (TPSA) is 41.9 Å². The van der Waals surface area contributed by atoms with Gasteiger partial charge in [0.05, 0.1) is 27.9 Å². The van der Waals surface area contributed by atoms with E-state index in [1.165, 1.54) is 12.1 Å². The molecule has 0 saturated carbocycles. The van der Waals surface area contributed by atoms with Crippen molar-refractivity contribution in [2.75, 3.05) is 13.1 Å². The SMILES string of the molecule is CCN(C[C@H]1CC(c2ccc(Cl)c(Cl)c2)=NO1)C(=O)c1ccccc1F. The van der Waals surface area contributed by atoms with E-state index in [2.05, 4.69) is 5.16 Å². The molecule has 26 heavy (non-hydrogen) atoms. The van der Waals surface area contributed by atoms with Gasteiger partial charge in [-0.1, -0.05) is 46.6 Å². The van der Waals surface area contributed by atoms with E-state index in [0.717, 1.165) is 11.3 Å². The lowest BCUT2D eigenvalue weighted by Gasteiger charge is -2.23. The molecule has 1 aliphatic heterocycles. The number of halogens is 3. The Bertz CT molecular complexity index is 857. The molecule has 7 heteroatoms. The minimum atomic E-state index is -0.531. The van der Waals surface area contributed by atoms with Crippen LogP contribution in [0.4, 0.5) is 4.39 Å². The molecule has 0 spiro atoms. The Morgan fingerprint density at radius 2 is 2.04 bits per heavy atom. The van der Waals surface area contributed by atoms with Gasteiger partial charge in [-0.3, -0.25) is 4.79 Å². The van der Waals surface area contributed by atoms with Crippen LogP contribution in [0.25, 0.3) is 0 Å². The maximum atomic E-state index is 13.9. The van der Waals surface area contributed by atoms with Gasteiger partial charge in [-0.05, 0) is 31.2 Å². The standard InChI is InChI=1S/C19H17Cl2FN2O2/c1-2-24(19(25)14-5-3-4-6-17(14)22)11-13-10-18(23-26-13)12-7-8-15(20)16(21)9-12/h3-9,13H,2,10-11H2,1H3/t13-/m1/s1. The number of rotatable bonds is 5. The van der Waals surface area contributed by atoms with Crippen LogP contribution in [0.15, 0.2) is 47.6 Å². The van der Waals surface area contributed by atoms with Gasteiger partial charge in [0.15, 0.2) is 6.10 Å². The van der Waals surface area contributed by atoms with Crippen LogP contribution < -0.4 is 0 Å². The van der Waals surface area contributed by atoms with E-state index in [-0.39, 0.29) is 17.6 Å². The summed E-state index contributed by atoms with van der Waals surface area (Å²) in [7, 11) is 0. The molecule has 0 bridgehead atoms. The summed E-state index contributed by atoms with van der Waals surface area (Å²) in [5, 5.41) is 5.01. The smallest absolute Gasteiger partial charge is 0.256 e. The monoisotopic (exact) mass is 394 g/mol. The lowest BCUT2D eigenvalue weighted by atomic mass is 10.0. The molecule has 1 aliphatic rings. The predicted octanol–water partition coefficient (Wildman–Crippen LogP) is 4.79. The maximum Gasteiger partial charge on any atom is 0.256 e. The molecule has 1 atom stereocenters. The molecule has 3 rings (SSSR count). The van der Waals surface area contributed by atoms with Crippen LogP contribution in [0.1, 0.15) is 29.3 Å². The summed E-state index contributed by atoms with van der Waals surface area (Å²) in [4.78, 5) is 19.6. The highest BCUT2D eigenvalue weighted by Crippen LogP contribution is 2.26. The number of nitrogens with zero attached hydrogens (tertiary/aromatic N) is 2. The summed E-state index contributed by atoms with van der Waals surface area (Å²) in [6.07, 6.45) is 0.231. The Morgan fingerprint density at radius 3 is 2.73 bits per heavy atom. The summed E-state index contributed by atoms with van der Waals surface area (Å²) >= 11 is 12.0. The van der Waals surface area contributed by atoms with Crippen molar-refractivity contribution in [3.63, 3.8) is 0 Å². The number of carbonyl (C=O) groups is 1. The highest BCUT2D eigenvalue weighted by Gasteiger charge is 2.27. The third kappa shape index (κ3) is 4.00. The number of carbonyl (C=O) groups excluding carboxylic acids is 1. The molecule has 0 fully saturated rings. The molecular formula is C19H17Cl2FN2O2. The Labute approximate surface area is 161 Å². The van der Waals surface area contributed by atoms with Gasteiger partial charge in [0, 0.05) is 18.5 Å². The minimum Gasteiger partial charge on any atom is -0.390 e. The van der Waals surface area contributed by atoms with Crippen molar-refractivity contribution in [1.29, 1.82) is 0 Å². The second-order valence-electron chi connectivity index (χ2n) is 5.92. The largest absolute Gasteiger partial charge is 0.390 e. The maximum absolute atomic E-state index is 13.9. The molecule has 2 aromatic carbocycles. The number of hydrogen-bond donors (Lipinski definition) is 0. The number of likely N-dealkylation sites (N-methyl/N-ethyl adjacent to an activating group) is 1. The van der Waals surface area contributed by atoms with E-state index in [4.69, 9.17) is 28.0 Å². The van der Waals surface area contributed by atoms with Gasteiger partial charge in [-0.25, -0.2) is 4.39 Å². The van der Waals surface area contributed by atoms with Crippen molar-refractivity contribution in [1.82, 2.24) is 4.90 Å². The van der Waals surface area contributed by atoms with Crippen LogP contribution in [0, 0.1) is 5.82 Å². The first-order chi connectivity index (χ1) is 12.5. The third-order valence-electron chi connectivity index (χ3n) is 4.18. The van der Waals surface area contributed by atoms with Crippen LogP contribution in [0.2, 0.25) is 10.0 Å². The lowest BCUT2D eigenvalue weighted by molar-refractivity contribution is 0.0433. The first kappa shape index (κ1) is 18.7. The van der Waals surface area contributed by atoms with E-state index < -0.39 is 5.82 Å². The highest BCUT2D eigenvalue weighted by atomic mass is 35.5. The van der Waals surface area contributed by atoms with Crippen molar-refractivity contribution < 1.29 is 14.0 Å². The van der Waals surface area contributed by atoms with E-state index in [9.17, 15) is 9.18 Å². The fourth-order valence-electron chi connectivity index (χ4n) is 2.78. The van der Waals surface area contributed by atoms with Crippen LogP contribution in [-0.4, -0.2) is 35.7 Å². The second kappa shape index (κ2) is 8.06. The summed E-state index contributed by atoms with van der Waals surface area (Å²) in [5.41, 5.74) is 1.62. The van der Waals surface area contributed by atoms with Crippen LogP contribution in [0.5, 0.6) is 0 Å². The van der Waals surface area contributed by atoms with Gasteiger partial charge in [-0.2, -0.15) is 0 Å². The van der Waals surface area contributed by atoms with E-state index in [1.54, 1.807) is 29.2 Å². The van der Waals surface area contributed by atoms with Gasteiger partial charge in [0.1, 0.15) is 5.82 Å². The molecule has 136 valence electrons. The summed E-state index contributed by atoms with van der Waals surface area (Å²) in [5.74, 6) is -0.895. The average Bonchev–Trinajstić information content (AvgIpc) is 3.10. The van der Waals surface area contributed by atoms with Crippen LogP contribution in [-0.2, 0) is 4.84 Å². The first-order valence-corrected chi connectivity index (χ1v) is 8.97. The van der Waals surface area contributed by atoms with Crippen molar-refractivity contribution in [2.24, 2.45) is 5.16 Å². The van der Waals surface area contributed by atoms with Crippen LogP contribution in [0.3, 0.4) is 0 Å². The molecular weight excluding hydrogens is 378 g/mol. The predicted molar refractivity (Wildman–Crippen MR) is 100 cm³/mol. The van der Waals surface area contributed by atoms with Crippen LogP contribution >= 0.6 is 23.2 Å². The van der Waals surface area contributed by atoms with Crippen molar-refractivity contribution in [2.45, 2.75) is 19.4 Å². The zero-order valence-electron chi connectivity index (χ0n) is 14.1. The Balaban J connectivity index is 1.67. The molecule has 0 aromatic heterocycles. The van der Waals surface area contributed by atoms with Crippen molar-refractivity contribution >= 4 is 34.8 Å².